The number of nitrogens with zero attached hydrogens (tertiary/aromatic N) is 2. The summed E-state index contributed by atoms with van der Waals surface area (Å²) >= 11 is 0. The van der Waals surface area contributed by atoms with Gasteiger partial charge in [0.15, 0.2) is 5.76 Å². The zero-order valence-corrected chi connectivity index (χ0v) is 11.8. The lowest BCUT2D eigenvalue weighted by Crippen LogP contribution is -2.61. The van der Waals surface area contributed by atoms with Crippen molar-refractivity contribution in [2.24, 2.45) is 0 Å². The highest BCUT2D eigenvalue weighted by Gasteiger charge is 2.40. The predicted molar refractivity (Wildman–Crippen MR) is 71.9 cm³/mol. The molecule has 0 aromatic carbocycles. The smallest absolute Gasteiger partial charge is 0.289 e. The number of β-amino-alcohol motifs (C(OH)–C–C–N with tert-alkyl or cyclic N) is 1. The summed E-state index contributed by atoms with van der Waals surface area (Å²) in [5.74, 6) is 1.02. The minimum Gasteiger partial charge on any atom is -0.455 e. The largest absolute Gasteiger partial charge is 0.455 e. The van der Waals surface area contributed by atoms with Crippen LogP contribution >= 0.6 is 0 Å². The Morgan fingerprint density at radius 1 is 1.42 bits per heavy atom. The molecule has 1 aromatic heterocycles. The summed E-state index contributed by atoms with van der Waals surface area (Å²) in [6.45, 7) is 9.30. The molecule has 19 heavy (non-hydrogen) atoms. The van der Waals surface area contributed by atoms with Crippen molar-refractivity contribution >= 4 is 5.91 Å². The highest BCUT2D eigenvalue weighted by atomic mass is 16.4. The van der Waals surface area contributed by atoms with Crippen molar-refractivity contribution in [2.45, 2.75) is 32.9 Å². The van der Waals surface area contributed by atoms with Gasteiger partial charge >= 0.3 is 0 Å². The quantitative estimate of drug-likeness (QED) is 0.873. The molecular formula is C14H22N2O3. The van der Waals surface area contributed by atoms with Gasteiger partial charge in [-0.05, 0) is 32.1 Å². The van der Waals surface area contributed by atoms with Crippen LogP contribution in [0.2, 0.25) is 0 Å². The molecule has 1 saturated heterocycles. The highest BCUT2D eigenvalue weighted by Crippen LogP contribution is 2.23. The monoisotopic (exact) mass is 266 g/mol. The van der Waals surface area contributed by atoms with Gasteiger partial charge in [0.1, 0.15) is 5.76 Å². The second-order valence-corrected chi connectivity index (χ2v) is 5.39. The van der Waals surface area contributed by atoms with Crippen molar-refractivity contribution in [3.05, 3.63) is 23.7 Å². The van der Waals surface area contributed by atoms with Gasteiger partial charge in [-0.3, -0.25) is 9.69 Å². The standard InChI is InChI=1S/C14H22N2O3/c1-4-15(5-2)8-11-6-7-12(19-11)13(17)16-9-14(3,18)10-16/h6-7,18H,4-5,8-10H2,1-3H3. The molecule has 0 atom stereocenters. The molecule has 0 radical (unpaired) electrons. The number of amides is 1. The second kappa shape index (κ2) is 5.35. The minimum absolute atomic E-state index is 0.141. The van der Waals surface area contributed by atoms with Gasteiger partial charge in [-0.1, -0.05) is 13.8 Å². The van der Waals surface area contributed by atoms with Crippen LogP contribution < -0.4 is 0 Å². The summed E-state index contributed by atoms with van der Waals surface area (Å²) in [7, 11) is 0. The average molecular weight is 266 g/mol. The van der Waals surface area contributed by atoms with Gasteiger partial charge in [-0.2, -0.15) is 0 Å². The van der Waals surface area contributed by atoms with Crippen LogP contribution in [0.15, 0.2) is 16.5 Å². The maximum absolute atomic E-state index is 12.1. The number of aliphatic hydroxyl groups is 1. The molecule has 1 aromatic rings. The normalized spacial score (nSPS) is 17.6. The lowest BCUT2D eigenvalue weighted by molar-refractivity contribution is -0.0678. The Morgan fingerprint density at radius 2 is 2.05 bits per heavy atom. The molecule has 0 unspecified atom stereocenters. The van der Waals surface area contributed by atoms with Crippen LogP contribution in [0, 0.1) is 0 Å². The summed E-state index contributed by atoms with van der Waals surface area (Å²) in [5, 5.41) is 9.64. The van der Waals surface area contributed by atoms with Crippen LogP contribution in [0.1, 0.15) is 37.1 Å². The molecule has 0 aliphatic carbocycles. The van der Waals surface area contributed by atoms with E-state index in [1.165, 1.54) is 0 Å². The topological polar surface area (TPSA) is 56.9 Å². The molecule has 1 fully saturated rings. The van der Waals surface area contributed by atoms with Gasteiger partial charge in [0, 0.05) is 0 Å². The maximum Gasteiger partial charge on any atom is 0.289 e. The van der Waals surface area contributed by atoms with E-state index in [1.807, 2.05) is 6.07 Å². The third-order valence-electron chi connectivity index (χ3n) is 3.50. The molecule has 2 rings (SSSR count). The number of carbonyl (C=O) groups excluding carboxylic acids is 1. The van der Waals surface area contributed by atoms with Crippen molar-refractivity contribution in [3.63, 3.8) is 0 Å². The van der Waals surface area contributed by atoms with Gasteiger partial charge < -0.3 is 14.4 Å². The minimum atomic E-state index is -0.744. The Bertz CT molecular complexity index is 441. The Balaban J connectivity index is 1.95. The lowest BCUT2D eigenvalue weighted by Gasteiger charge is -2.43. The van der Waals surface area contributed by atoms with E-state index >= 15 is 0 Å². The Kier molecular flexibility index (Phi) is 3.96. The molecule has 106 valence electrons. The molecule has 5 heteroatoms. The van der Waals surface area contributed by atoms with Crippen molar-refractivity contribution in [3.8, 4) is 0 Å². The van der Waals surface area contributed by atoms with E-state index in [0.29, 0.717) is 18.8 Å². The van der Waals surface area contributed by atoms with Crippen LogP contribution in [0.5, 0.6) is 0 Å². The van der Waals surface area contributed by atoms with E-state index < -0.39 is 5.60 Å². The van der Waals surface area contributed by atoms with E-state index in [2.05, 4.69) is 18.7 Å². The molecule has 1 aliphatic heterocycles. The highest BCUT2D eigenvalue weighted by molar-refractivity contribution is 5.92. The summed E-state index contributed by atoms with van der Waals surface area (Å²) in [6, 6.07) is 3.57. The molecule has 0 bridgehead atoms. The average Bonchev–Trinajstić information content (AvgIpc) is 2.80. The summed E-state index contributed by atoms with van der Waals surface area (Å²) in [5.41, 5.74) is -0.744. The van der Waals surface area contributed by atoms with Crippen molar-refractivity contribution in [1.29, 1.82) is 0 Å². The number of furan rings is 1. The van der Waals surface area contributed by atoms with E-state index in [-0.39, 0.29) is 5.91 Å². The first kappa shape index (κ1) is 14.1. The third kappa shape index (κ3) is 3.16. The first-order chi connectivity index (χ1) is 8.95. The third-order valence-corrected chi connectivity index (χ3v) is 3.50. The number of hydrogen-bond donors (Lipinski definition) is 1. The second-order valence-electron chi connectivity index (χ2n) is 5.39. The van der Waals surface area contributed by atoms with E-state index in [1.54, 1.807) is 17.9 Å². The zero-order chi connectivity index (χ0) is 14.0. The zero-order valence-electron chi connectivity index (χ0n) is 11.8. The Labute approximate surface area is 113 Å². The van der Waals surface area contributed by atoms with Crippen LogP contribution in [0.25, 0.3) is 0 Å². The fourth-order valence-electron chi connectivity index (χ4n) is 2.32. The molecular weight excluding hydrogens is 244 g/mol. The van der Waals surface area contributed by atoms with Crippen molar-refractivity contribution in [2.75, 3.05) is 26.2 Å². The number of likely N-dealkylation sites (tertiary alicyclic amines) is 1. The van der Waals surface area contributed by atoms with Gasteiger partial charge in [-0.25, -0.2) is 0 Å². The number of rotatable bonds is 5. The summed E-state index contributed by atoms with van der Waals surface area (Å²) in [6.07, 6.45) is 0. The molecule has 0 spiro atoms. The summed E-state index contributed by atoms with van der Waals surface area (Å²) in [4.78, 5) is 15.9. The van der Waals surface area contributed by atoms with Crippen molar-refractivity contribution < 1.29 is 14.3 Å². The molecule has 1 N–H and O–H groups in total. The lowest BCUT2D eigenvalue weighted by atomic mass is 9.97. The first-order valence-electron chi connectivity index (χ1n) is 6.78. The van der Waals surface area contributed by atoms with E-state index in [9.17, 15) is 9.90 Å². The molecule has 2 heterocycles. The van der Waals surface area contributed by atoms with Crippen LogP contribution in [-0.2, 0) is 6.54 Å². The van der Waals surface area contributed by atoms with E-state index in [0.717, 1.165) is 25.4 Å². The van der Waals surface area contributed by atoms with Crippen molar-refractivity contribution in [1.82, 2.24) is 9.80 Å². The van der Waals surface area contributed by atoms with Gasteiger partial charge in [-0.15, -0.1) is 0 Å². The molecule has 1 amide bonds. The van der Waals surface area contributed by atoms with Crippen LogP contribution in [0.4, 0.5) is 0 Å². The van der Waals surface area contributed by atoms with Gasteiger partial charge in [0.2, 0.25) is 0 Å². The molecule has 5 nitrogen and oxygen atoms in total. The fraction of sp³-hybridized carbons (Fsp3) is 0.643. The van der Waals surface area contributed by atoms with Gasteiger partial charge in [0.25, 0.3) is 5.91 Å². The van der Waals surface area contributed by atoms with Gasteiger partial charge in [0.05, 0.1) is 25.2 Å². The van der Waals surface area contributed by atoms with Crippen LogP contribution in [0.3, 0.4) is 0 Å². The molecule has 0 saturated carbocycles. The van der Waals surface area contributed by atoms with Crippen LogP contribution in [-0.4, -0.2) is 52.6 Å². The number of hydrogen-bond acceptors (Lipinski definition) is 4. The fourth-order valence-corrected chi connectivity index (χ4v) is 2.32. The van der Waals surface area contributed by atoms with E-state index in [4.69, 9.17) is 4.42 Å². The SMILES string of the molecule is CCN(CC)Cc1ccc(C(=O)N2CC(C)(O)C2)o1. The Hall–Kier alpha value is -1.33. The summed E-state index contributed by atoms with van der Waals surface area (Å²) < 4.78 is 5.59. The predicted octanol–water partition coefficient (Wildman–Crippen LogP) is 1.33. The Morgan fingerprint density at radius 3 is 2.58 bits per heavy atom. The first-order valence-corrected chi connectivity index (χ1v) is 6.78. The maximum atomic E-state index is 12.1. The molecule has 1 aliphatic rings. The number of carbonyl (C=O) groups is 1.